The third-order valence-electron chi connectivity index (χ3n) is 3.33. The van der Waals surface area contributed by atoms with Crippen molar-refractivity contribution < 1.29 is 14.3 Å². The molecule has 2 N–H and O–H groups in total. The number of nitrogens with two attached hydrogens (primary N) is 1. The highest BCUT2D eigenvalue weighted by Crippen LogP contribution is 2.23. The molecule has 0 aliphatic carbocycles. The van der Waals surface area contributed by atoms with Crippen molar-refractivity contribution in [2.45, 2.75) is 26.4 Å². The molecule has 0 spiro atoms. The molecule has 0 unspecified atom stereocenters. The molecule has 8 heteroatoms. The van der Waals surface area contributed by atoms with Crippen LogP contribution in [0.25, 0.3) is 0 Å². The fraction of sp³-hybridized carbons (Fsp3) is 0.533. The van der Waals surface area contributed by atoms with Crippen LogP contribution in [0.3, 0.4) is 0 Å². The monoisotopic (exact) mass is 384 g/mol. The largest absolute Gasteiger partial charge is 0.444 e. The first-order chi connectivity index (χ1) is 10.7. The standard InChI is InChI=1S/C15H21BrN4O3/c1-15(2,3)23-14(22)20-6-4-19(5-7-20)13-11(12(17)21)8-10(16)9-18-13/h8-9H,4-7H2,1-3H3,(H2,17,21). The average Bonchev–Trinajstić information content (AvgIpc) is 2.45. The molecule has 1 aliphatic heterocycles. The average molecular weight is 385 g/mol. The number of anilines is 1. The molecular weight excluding hydrogens is 364 g/mol. The summed E-state index contributed by atoms with van der Waals surface area (Å²) in [6.45, 7) is 7.65. The SMILES string of the molecule is CC(C)(C)OC(=O)N1CCN(c2ncc(Br)cc2C(N)=O)CC1. The van der Waals surface area contributed by atoms with Gasteiger partial charge in [0.05, 0.1) is 5.56 Å². The number of nitrogens with zero attached hydrogens (tertiary/aromatic N) is 3. The number of hydrogen-bond acceptors (Lipinski definition) is 5. The molecule has 2 rings (SSSR count). The highest BCUT2D eigenvalue weighted by molar-refractivity contribution is 9.10. The van der Waals surface area contributed by atoms with Crippen LogP contribution in [0.5, 0.6) is 0 Å². The highest BCUT2D eigenvalue weighted by Gasteiger charge is 2.27. The van der Waals surface area contributed by atoms with Crippen molar-refractivity contribution in [3.05, 3.63) is 22.3 Å². The van der Waals surface area contributed by atoms with Crippen molar-refractivity contribution in [3.8, 4) is 0 Å². The smallest absolute Gasteiger partial charge is 0.410 e. The zero-order valence-electron chi connectivity index (χ0n) is 13.5. The lowest BCUT2D eigenvalue weighted by atomic mass is 10.2. The minimum Gasteiger partial charge on any atom is -0.444 e. The highest BCUT2D eigenvalue weighted by atomic mass is 79.9. The van der Waals surface area contributed by atoms with E-state index >= 15 is 0 Å². The molecule has 0 atom stereocenters. The second-order valence-corrected chi connectivity index (χ2v) is 7.26. The van der Waals surface area contributed by atoms with Crippen LogP contribution in [0.1, 0.15) is 31.1 Å². The summed E-state index contributed by atoms with van der Waals surface area (Å²) in [7, 11) is 0. The first-order valence-corrected chi connectivity index (χ1v) is 8.15. The number of amides is 2. The molecule has 1 fully saturated rings. The van der Waals surface area contributed by atoms with E-state index in [9.17, 15) is 9.59 Å². The van der Waals surface area contributed by atoms with Crippen LogP contribution in [0.15, 0.2) is 16.7 Å². The van der Waals surface area contributed by atoms with Gasteiger partial charge in [0.25, 0.3) is 5.91 Å². The molecule has 23 heavy (non-hydrogen) atoms. The summed E-state index contributed by atoms with van der Waals surface area (Å²) < 4.78 is 6.07. The van der Waals surface area contributed by atoms with Gasteiger partial charge in [0, 0.05) is 36.8 Å². The fourth-order valence-corrected chi connectivity index (χ4v) is 2.62. The van der Waals surface area contributed by atoms with Gasteiger partial charge < -0.3 is 20.3 Å². The van der Waals surface area contributed by atoms with Crippen LogP contribution < -0.4 is 10.6 Å². The Morgan fingerprint density at radius 1 is 1.26 bits per heavy atom. The molecule has 1 aromatic rings. The third kappa shape index (κ3) is 4.57. The number of pyridine rings is 1. The lowest BCUT2D eigenvalue weighted by Gasteiger charge is -2.36. The summed E-state index contributed by atoms with van der Waals surface area (Å²) >= 11 is 3.29. The summed E-state index contributed by atoms with van der Waals surface area (Å²) in [4.78, 5) is 31.6. The topological polar surface area (TPSA) is 88.8 Å². The Morgan fingerprint density at radius 2 is 1.87 bits per heavy atom. The van der Waals surface area contributed by atoms with Crippen molar-refractivity contribution in [2.24, 2.45) is 5.73 Å². The van der Waals surface area contributed by atoms with Crippen LogP contribution in [0.2, 0.25) is 0 Å². The van der Waals surface area contributed by atoms with E-state index in [0.717, 1.165) is 0 Å². The van der Waals surface area contributed by atoms with Gasteiger partial charge in [0.2, 0.25) is 0 Å². The van der Waals surface area contributed by atoms with Gasteiger partial charge in [-0.25, -0.2) is 9.78 Å². The second kappa shape index (κ2) is 6.74. The van der Waals surface area contributed by atoms with E-state index in [1.807, 2.05) is 25.7 Å². The van der Waals surface area contributed by atoms with Crippen LogP contribution in [0, 0.1) is 0 Å². The second-order valence-electron chi connectivity index (χ2n) is 6.34. The first-order valence-electron chi connectivity index (χ1n) is 7.35. The van der Waals surface area contributed by atoms with E-state index in [0.29, 0.717) is 42.0 Å². The van der Waals surface area contributed by atoms with E-state index in [1.165, 1.54) is 0 Å². The maximum absolute atomic E-state index is 12.1. The number of halogens is 1. The van der Waals surface area contributed by atoms with Gasteiger partial charge in [-0.1, -0.05) is 0 Å². The van der Waals surface area contributed by atoms with E-state index in [4.69, 9.17) is 10.5 Å². The van der Waals surface area contributed by atoms with E-state index in [1.54, 1.807) is 17.2 Å². The number of primary amides is 1. The van der Waals surface area contributed by atoms with Crippen molar-refractivity contribution in [3.63, 3.8) is 0 Å². The quantitative estimate of drug-likeness (QED) is 0.841. The molecule has 126 valence electrons. The normalized spacial score (nSPS) is 15.5. The molecule has 2 heterocycles. The van der Waals surface area contributed by atoms with E-state index in [2.05, 4.69) is 20.9 Å². The number of aromatic nitrogens is 1. The maximum Gasteiger partial charge on any atom is 0.410 e. The number of carbonyl (C=O) groups is 2. The van der Waals surface area contributed by atoms with Gasteiger partial charge >= 0.3 is 6.09 Å². The van der Waals surface area contributed by atoms with Crippen LogP contribution >= 0.6 is 15.9 Å². The van der Waals surface area contributed by atoms with Crippen molar-refractivity contribution in [1.82, 2.24) is 9.88 Å². The summed E-state index contributed by atoms with van der Waals surface area (Å²) in [6, 6.07) is 1.66. The van der Waals surface area contributed by atoms with Crippen molar-refractivity contribution in [2.75, 3.05) is 31.1 Å². The predicted octanol–water partition coefficient (Wildman–Crippen LogP) is 2.00. The van der Waals surface area contributed by atoms with Crippen molar-refractivity contribution >= 4 is 33.7 Å². The summed E-state index contributed by atoms with van der Waals surface area (Å²) in [5.74, 6) is 0.0212. The number of piperazine rings is 1. The Bertz CT molecular complexity index is 607. The Labute approximate surface area is 143 Å². The number of rotatable bonds is 2. The fourth-order valence-electron chi connectivity index (χ4n) is 2.29. The molecular formula is C15H21BrN4O3. The Balaban J connectivity index is 2.05. The Morgan fingerprint density at radius 3 is 2.39 bits per heavy atom. The summed E-state index contributed by atoms with van der Waals surface area (Å²) in [5.41, 5.74) is 5.28. The maximum atomic E-state index is 12.1. The first kappa shape index (κ1) is 17.5. The minimum absolute atomic E-state index is 0.323. The zero-order chi connectivity index (χ0) is 17.2. The molecule has 2 amide bonds. The van der Waals surface area contributed by atoms with Gasteiger partial charge in [-0.15, -0.1) is 0 Å². The summed E-state index contributed by atoms with van der Waals surface area (Å²) in [6.07, 6.45) is 1.30. The van der Waals surface area contributed by atoms with Crippen LogP contribution in [-0.2, 0) is 4.74 Å². The molecule has 7 nitrogen and oxygen atoms in total. The predicted molar refractivity (Wildman–Crippen MR) is 90.5 cm³/mol. The Hall–Kier alpha value is -1.83. The van der Waals surface area contributed by atoms with Gasteiger partial charge in [-0.2, -0.15) is 0 Å². The lowest BCUT2D eigenvalue weighted by molar-refractivity contribution is 0.0240. The third-order valence-corrected chi connectivity index (χ3v) is 3.76. The van der Waals surface area contributed by atoms with E-state index in [-0.39, 0.29) is 6.09 Å². The van der Waals surface area contributed by atoms with Gasteiger partial charge in [-0.3, -0.25) is 4.79 Å². The van der Waals surface area contributed by atoms with Gasteiger partial charge in [0.1, 0.15) is 11.4 Å². The molecule has 0 aromatic carbocycles. The van der Waals surface area contributed by atoms with Crippen molar-refractivity contribution in [1.29, 1.82) is 0 Å². The number of ether oxygens (including phenoxy) is 1. The molecule has 1 aromatic heterocycles. The van der Waals surface area contributed by atoms with Gasteiger partial charge in [-0.05, 0) is 42.8 Å². The number of hydrogen-bond donors (Lipinski definition) is 1. The lowest BCUT2D eigenvalue weighted by Crippen LogP contribution is -2.50. The molecule has 1 aliphatic rings. The van der Waals surface area contributed by atoms with Crippen LogP contribution in [0.4, 0.5) is 10.6 Å². The number of carbonyl (C=O) groups excluding carboxylic acids is 2. The zero-order valence-corrected chi connectivity index (χ0v) is 15.1. The molecule has 1 saturated heterocycles. The Kier molecular flexibility index (Phi) is 5.13. The molecule has 0 radical (unpaired) electrons. The summed E-state index contributed by atoms with van der Waals surface area (Å²) in [5, 5.41) is 0. The molecule has 0 saturated carbocycles. The van der Waals surface area contributed by atoms with E-state index < -0.39 is 11.5 Å². The van der Waals surface area contributed by atoms with Gasteiger partial charge in [0.15, 0.2) is 0 Å². The minimum atomic E-state index is -0.525. The van der Waals surface area contributed by atoms with Crippen LogP contribution in [-0.4, -0.2) is 53.7 Å². The molecule has 0 bridgehead atoms.